The topological polar surface area (TPSA) is 72.5 Å². The Labute approximate surface area is 146 Å². The first kappa shape index (κ1) is 16.2. The number of ether oxygens (including phenoxy) is 6. The Kier molecular flexibility index (Phi) is 3.41. The highest BCUT2D eigenvalue weighted by molar-refractivity contribution is 5.86. The standard InChI is InChI=1S/C18H24O7/c1-11(2)15(19)20-10-18-14(24-17(25-18)7-4-8-17)13-12(22-18)9-21-16(23-13)5-3-6-16/h12-14H,1,3-10H2,2H3/t12-,13-,14+,18-/m1/s1. The van der Waals surface area contributed by atoms with E-state index in [0.29, 0.717) is 12.2 Å². The third kappa shape index (κ3) is 2.33. The van der Waals surface area contributed by atoms with Crippen molar-refractivity contribution in [3.05, 3.63) is 12.2 Å². The molecule has 5 fully saturated rings. The SMILES string of the molecule is C=C(C)C(=O)OC[C@]12O[C@@H]3COC4(CCC4)O[C@H]3[C@@H]1OC1(CCC1)O2. The first-order chi connectivity index (χ1) is 12.0. The molecule has 0 bridgehead atoms. The minimum absolute atomic E-state index is 0.0333. The van der Waals surface area contributed by atoms with Gasteiger partial charge >= 0.3 is 5.97 Å². The molecule has 3 saturated heterocycles. The Hall–Kier alpha value is -0.990. The Morgan fingerprint density at radius 1 is 1.12 bits per heavy atom. The maximum Gasteiger partial charge on any atom is 0.333 e. The molecule has 0 N–H and O–H groups in total. The summed E-state index contributed by atoms with van der Waals surface area (Å²) < 4.78 is 36.3. The van der Waals surface area contributed by atoms with Gasteiger partial charge in [0.2, 0.25) is 5.79 Å². The van der Waals surface area contributed by atoms with E-state index < -0.39 is 29.4 Å². The van der Waals surface area contributed by atoms with Crippen molar-refractivity contribution in [2.75, 3.05) is 13.2 Å². The van der Waals surface area contributed by atoms with Gasteiger partial charge in [-0.15, -0.1) is 0 Å². The van der Waals surface area contributed by atoms with Gasteiger partial charge in [-0.05, 0) is 19.8 Å². The van der Waals surface area contributed by atoms with Gasteiger partial charge in [0.1, 0.15) is 24.9 Å². The van der Waals surface area contributed by atoms with Gasteiger partial charge in [-0.3, -0.25) is 0 Å². The summed E-state index contributed by atoms with van der Waals surface area (Å²) in [6.45, 7) is 5.64. The monoisotopic (exact) mass is 352 g/mol. The number of esters is 1. The summed E-state index contributed by atoms with van der Waals surface area (Å²) in [5, 5.41) is 0. The third-order valence-corrected chi connectivity index (χ3v) is 5.99. The highest BCUT2D eigenvalue weighted by Gasteiger charge is 2.71. The quantitative estimate of drug-likeness (QED) is 0.566. The number of fused-ring (bicyclic) bond motifs is 3. The van der Waals surface area contributed by atoms with Crippen LogP contribution in [0.5, 0.6) is 0 Å². The maximum atomic E-state index is 11.9. The Bertz CT molecular complexity index is 609. The molecule has 0 amide bonds. The summed E-state index contributed by atoms with van der Waals surface area (Å²) in [5.41, 5.74) is 0.341. The molecule has 5 aliphatic rings. The highest BCUT2D eigenvalue weighted by atomic mass is 16.9. The molecule has 0 aromatic rings. The maximum absolute atomic E-state index is 11.9. The molecule has 4 atom stereocenters. The molecule has 3 aliphatic heterocycles. The predicted octanol–water partition coefficient (Wildman–Crippen LogP) is 1.79. The number of hydrogen-bond donors (Lipinski definition) is 0. The van der Waals surface area contributed by atoms with E-state index in [0.717, 1.165) is 38.5 Å². The molecule has 0 radical (unpaired) electrons. The van der Waals surface area contributed by atoms with Crippen molar-refractivity contribution >= 4 is 5.97 Å². The fourth-order valence-corrected chi connectivity index (χ4v) is 4.28. The molecule has 0 aromatic carbocycles. The Morgan fingerprint density at radius 3 is 2.44 bits per heavy atom. The lowest BCUT2D eigenvalue weighted by molar-refractivity contribution is -0.369. The average Bonchev–Trinajstić information content (AvgIpc) is 3.00. The lowest BCUT2D eigenvalue weighted by Gasteiger charge is -2.48. The van der Waals surface area contributed by atoms with E-state index in [1.807, 2.05) is 0 Å². The van der Waals surface area contributed by atoms with Crippen LogP contribution in [0.25, 0.3) is 0 Å². The molecule has 7 heteroatoms. The third-order valence-electron chi connectivity index (χ3n) is 5.99. The second-order valence-electron chi connectivity index (χ2n) is 7.89. The van der Waals surface area contributed by atoms with Gasteiger partial charge in [0.15, 0.2) is 11.6 Å². The fourth-order valence-electron chi connectivity index (χ4n) is 4.28. The molecule has 138 valence electrons. The zero-order chi connectivity index (χ0) is 17.3. The number of carbonyl (C=O) groups excluding carboxylic acids is 1. The van der Waals surface area contributed by atoms with E-state index in [4.69, 9.17) is 28.4 Å². The smallest absolute Gasteiger partial charge is 0.333 e. The van der Waals surface area contributed by atoms with Crippen molar-refractivity contribution in [3.8, 4) is 0 Å². The molecular formula is C18H24O7. The molecule has 7 nitrogen and oxygen atoms in total. The fraction of sp³-hybridized carbons (Fsp3) is 0.833. The van der Waals surface area contributed by atoms with Crippen molar-refractivity contribution in [2.24, 2.45) is 0 Å². The van der Waals surface area contributed by atoms with E-state index in [-0.39, 0.29) is 18.8 Å². The molecule has 0 aromatic heterocycles. The van der Waals surface area contributed by atoms with E-state index >= 15 is 0 Å². The van der Waals surface area contributed by atoms with Crippen molar-refractivity contribution in [2.45, 2.75) is 81.1 Å². The summed E-state index contributed by atoms with van der Waals surface area (Å²) in [7, 11) is 0. The number of hydrogen-bond acceptors (Lipinski definition) is 7. The molecule has 2 aliphatic carbocycles. The van der Waals surface area contributed by atoms with Crippen LogP contribution in [0.15, 0.2) is 12.2 Å². The van der Waals surface area contributed by atoms with Gasteiger partial charge < -0.3 is 28.4 Å². The first-order valence-electron chi connectivity index (χ1n) is 9.15. The van der Waals surface area contributed by atoms with Gasteiger partial charge in [0.05, 0.1) is 6.61 Å². The highest BCUT2D eigenvalue weighted by Crippen LogP contribution is 2.56. The van der Waals surface area contributed by atoms with E-state index in [9.17, 15) is 4.79 Å². The second-order valence-corrected chi connectivity index (χ2v) is 7.89. The minimum atomic E-state index is -1.13. The van der Waals surface area contributed by atoms with Gasteiger partial charge in [-0.2, -0.15) is 0 Å². The Balaban J connectivity index is 1.39. The minimum Gasteiger partial charge on any atom is -0.456 e. The zero-order valence-corrected chi connectivity index (χ0v) is 14.5. The summed E-state index contributed by atoms with van der Waals surface area (Å²) >= 11 is 0. The van der Waals surface area contributed by atoms with Crippen LogP contribution in [0.1, 0.15) is 45.4 Å². The van der Waals surface area contributed by atoms with Crippen molar-refractivity contribution in [3.63, 3.8) is 0 Å². The molecule has 2 saturated carbocycles. The summed E-state index contributed by atoms with van der Waals surface area (Å²) in [6, 6.07) is 0. The predicted molar refractivity (Wildman–Crippen MR) is 83.3 cm³/mol. The Morgan fingerprint density at radius 2 is 1.84 bits per heavy atom. The molecule has 2 spiro atoms. The lowest BCUT2D eigenvalue weighted by atomic mass is 9.89. The largest absolute Gasteiger partial charge is 0.456 e. The van der Waals surface area contributed by atoms with E-state index in [1.54, 1.807) is 6.92 Å². The summed E-state index contributed by atoms with van der Waals surface area (Å²) in [4.78, 5) is 11.9. The molecule has 0 unspecified atom stereocenters. The van der Waals surface area contributed by atoms with Gasteiger partial charge in [-0.1, -0.05) is 6.58 Å². The van der Waals surface area contributed by atoms with Crippen LogP contribution in [0, 0.1) is 0 Å². The van der Waals surface area contributed by atoms with Crippen molar-refractivity contribution < 1.29 is 33.2 Å². The van der Waals surface area contributed by atoms with Crippen LogP contribution < -0.4 is 0 Å². The number of rotatable bonds is 3. The summed E-state index contributed by atoms with van der Waals surface area (Å²) in [6.07, 6.45) is 4.62. The second kappa shape index (κ2) is 5.27. The average molecular weight is 352 g/mol. The molecule has 3 heterocycles. The first-order valence-corrected chi connectivity index (χ1v) is 9.15. The van der Waals surface area contributed by atoms with Gasteiger partial charge in [0.25, 0.3) is 0 Å². The van der Waals surface area contributed by atoms with Crippen molar-refractivity contribution in [1.29, 1.82) is 0 Å². The molecule has 25 heavy (non-hydrogen) atoms. The zero-order valence-electron chi connectivity index (χ0n) is 14.5. The molecule has 5 rings (SSSR count). The van der Waals surface area contributed by atoms with Crippen LogP contribution in [0.2, 0.25) is 0 Å². The van der Waals surface area contributed by atoms with Crippen molar-refractivity contribution in [1.82, 2.24) is 0 Å². The van der Waals surface area contributed by atoms with Crippen LogP contribution in [-0.2, 0) is 33.2 Å². The lowest BCUT2D eigenvalue weighted by Crippen LogP contribution is -2.57. The van der Waals surface area contributed by atoms with Gasteiger partial charge in [-0.25, -0.2) is 4.79 Å². The van der Waals surface area contributed by atoms with Crippen LogP contribution in [-0.4, -0.2) is 54.9 Å². The van der Waals surface area contributed by atoms with E-state index in [2.05, 4.69) is 6.58 Å². The normalized spacial score (nSPS) is 42.4. The summed E-state index contributed by atoms with van der Waals surface area (Å²) in [5.74, 6) is -2.70. The van der Waals surface area contributed by atoms with Crippen LogP contribution >= 0.6 is 0 Å². The van der Waals surface area contributed by atoms with Crippen LogP contribution in [0.3, 0.4) is 0 Å². The van der Waals surface area contributed by atoms with Gasteiger partial charge in [0, 0.05) is 31.3 Å². The molecular weight excluding hydrogens is 328 g/mol. The number of carbonyl (C=O) groups is 1. The van der Waals surface area contributed by atoms with E-state index in [1.165, 1.54) is 0 Å². The van der Waals surface area contributed by atoms with Crippen LogP contribution in [0.4, 0.5) is 0 Å².